The number of hydrogen-bond acceptors (Lipinski definition) is 5. The second-order valence-corrected chi connectivity index (χ2v) is 10.7. The Kier molecular flexibility index (Phi) is 7.44. The van der Waals surface area contributed by atoms with Crippen LogP contribution in [0, 0.1) is 5.92 Å². The predicted octanol–water partition coefficient (Wildman–Crippen LogP) is 5.78. The van der Waals surface area contributed by atoms with Gasteiger partial charge in [-0.25, -0.2) is 4.79 Å². The first-order chi connectivity index (χ1) is 16.1. The fraction of sp³-hybridized carbons (Fsp3) is 0.591. The van der Waals surface area contributed by atoms with E-state index in [1.54, 1.807) is 0 Å². The molecule has 0 amide bonds. The van der Waals surface area contributed by atoms with Gasteiger partial charge in [-0.1, -0.05) is 18.5 Å². The molecular formula is C22H26ClF3N4O2S2. The van der Waals surface area contributed by atoms with Crippen LogP contribution in [0.15, 0.2) is 0 Å². The van der Waals surface area contributed by atoms with Crippen LogP contribution in [0.25, 0.3) is 0 Å². The number of rotatable bonds is 7. The summed E-state index contributed by atoms with van der Waals surface area (Å²) in [6.45, 7) is 2.90. The smallest absolute Gasteiger partial charge is 0.436 e. The van der Waals surface area contributed by atoms with Gasteiger partial charge in [0.05, 0.1) is 23.4 Å². The molecule has 1 saturated carbocycles. The number of halogens is 4. The predicted molar refractivity (Wildman–Crippen MR) is 130 cm³/mol. The number of thiophene rings is 1. The Balaban J connectivity index is 1.37. The Morgan fingerprint density at radius 3 is 2.74 bits per heavy atom. The third-order valence-corrected chi connectivity index (χ3v) is 7.91. The molecule has 2 heterocycles. The summed E-state index contributed by atoms with van der Waals surface area (Å²) >= 11 is 12.9. The molecule has 0 saturated heterocycles. The molecule has 12 heteroatoms. The highest BCUT2D eigenvalue weighted by atomic mass is 35.5. The lowest BCUT2D eigenvalue weighted by Gasteiger charge is -2.18. The molecule has 2 aromatic heterocycles. The molecule has 1 unspecified atom stereocenters. The van der Waals surface area contributed by atoms with Gasteiger partial charge in [-0.2, -0.15) is 18.3 Å². The molecule has 186 valence electrons. The van der Waals surface area contributed by atoms with Crippen LogP contribution >= 0.6 is 35.2 Å². The van der Waals surface area contributed by atoms with Gasteiger partial charge >= 0.3 is 12.1 Å². The summed E-state index contributed by atoms with van der Waals surface area (Å²) in [7, 11) is 1.36. The quantitative estimate of drug-likeness (QED) is 0.266. The van der Waals surface area contributed by atoms with Gasteiger partial charge in [0.2, 0.25) is 0 Å². The van der Waals surface area contributed by atoms with Crippen LogP contribution < -0.4 is 10.6 Å². The molecule has 0 bridgehead atoms. The first-order valence-corrected chi connectivity index (χ1v) is 12.8. The van der Waals surface area contributed by atoms with Crippen molar-refractivity contribution in [1.29, 1.82) is 0 Å². The zero-order chi connectivity index (χ0) is 24.6. The van der Waals surface area contributed by atoms with E-state index in [9.17, 15) is 18.0 Å². The van der Waals surface area contributed by atoms with Crippen LogP contribution in [0.2, 0.25) is 5.02 Å². The van der Waals surface area contributed by atoms with Gasteiger partial charge in [0.15, 0.2) is 10.8 Å². The summed E-state index contributed by atoms with van der Waals surface area (Å²) < 4.78 is 46.0. The number of alkyl halides is 3. The molecule has 2 N–H and O–H groups in total. The van der Waals surface area contributed by atoms with Gasteiger partial charge in [-0.15, -0.1) is 11.3 Å². The molecule has 0 aromatic carbocycles. The maximum atomic E-state index is 13.2. The van der Waals surface area contributed by atoms with E-state index >= 15 is 0 Å². The number of carbonyl (C=O) groups is 1. The number of thiocarbonyl (C=S) groups is 1. The second-order valence-electron chi connectivity index (χ2n) is 8.82. The molecule has 34 heavy (non-hydrogen) atoms. The minimum atomic E-state index is -4.58. The van der Waals surface area contributed by atoms with E-state index in [2.05, 4.69) is 22.7 Å². The number of aromatic nitrogens is 2. The van der Waals surface area contributed by atoms with Gasteiger partial charge < -0.3 is 15.4 Å². The number of nitrogens with one attached hydrogen (secondary N) is 2. The van der Waals surface area contributed by atoms with Gasteiger partial charge in [-0.3, -0.25) is 4.68 Å². The van der Waals surface area contributed by atoms with Crippen LogP contribution in [0.4, 0.5) is 18.2 Å². The minimum Gasteiger partial charge on any atom is -0.465 e. The molecule has 0 radical (unpaired) electrons. The monoisotopic (exact) mass is 534 g/mol. The molecule has 2 aliphatic rings. The number of fused-ring (bicyclic) bond motifs is 1. The number of methoxy groups -OCH3 is 1. The summed E-state index contributed by atoms with van der Waals surface area (Å²) in [4.78, 5) is 13.6. The van der Waals surface area contributed by atoms with E-state index in [1.165, 1.54) is 28.0 Å². The summed E-state index contributed by atoms with van der Waals surface area (Å²) in [5.41, 5.74) is 1.02. The maximum absolute atomic E-state index is 13.2. The lowest BCUT2D eigenvalue weighted by molar-refractivity contribution is -0.141. The van der Waals surface area contributed by atoms with E-state index in [4.69, 9.17) is 28.6 Å². The average Bonchev–Trinajstić information content (AvgIpc) is 3.45. The zero-order valence-corrected chi connectivity index (χ0v) is 21.2. The number of aryl methyl sites for hydroxylation is 1. The molecule has 6 nitrogen and oxygen atoms in total. The van der Waals surface area contributed by atoms with E-state index in [0.717, 1.165) is 37.7 Å². The average molecular weight is 535 g/mol. The Morgan fingerprint density at radius 2 is 2.09 bits per heavy atom. The number of hydrogen-bond donors (Lipinski definition) is 2. The van der Waals surface area contributed by atoms with Crippen molar-refractivity contribution in [1.82, 2.24) is 15.1 Å². The fourth-order valence-corrected chi connectivity index (χ4v) is 6.36. The molecule has 4 rings (SSSR count). The first kappa shape index (κ1) is 25.2. The van der Waals surface area contributed by atoms with Crippen molar-refractivity contribution < 1.29 is 22.7 Å². The van der Waals surface area contributed by atoms with Crippen molar-refractivity contribution in [2.75, 3.05) is 19.0 Å². The lowest BCUT2D eigenvalue weighted by atomic mass is 9.88. The molecule has 1 fully saturated rings. The number of anilines is 1. The van der Waals surface area contributed by atoms with E-state index in [-0.39, 0.29) is 23.5 Å². The standard InChI is InChI=1S/C22H26ClF3N4O2S2/c1-11-4-7-13-14(10-11)34-19(15(13)20(31)32-2)28-21(33)27-8-3-9-30-17(12-5-6-12)16(23)18(29-30)22(24,25)26/h11-12H,3-10H2,1-2H3,(H2,27,28,33). The van der Waals surface area contributed by atoms with Crippen molar-refractivity contribution in [3.05, 3.63) is 32.4 Å². The van der Waals surface area contributed by atoms with E-state index < -0.39 is 11.9 Å². The first-order valence-electron chi connectivity index (χ1n) is 11.2. The number of esters is 1. The fourth-order valence-electron chi connectivity index (χ4n) is 4.29. The van der Waals surface area contributed by atoms with Crippen molar-refractivity contribution in [3.8, 4) is 0 Å². The van der Waals surface area contributed by atoms with Crippen molar-refractivity contribution in [2.24, 2.45) is 5.92 Å². The molecule has 0 spiro atoms. The van der Waals surface area contributed by atoms with Crippen molar-refractivity contribution in [3.63, 3.8) is 0 Å². The third kappa shape index (κ3) is 5.36. The largest absolute Gasteiger partial charge is 0.465 e. The van der Waals surface area contributed by atoms with Crippen LogP contribution in [-0.4, -0.2) is 34.5 Å². The molecule has 2 aliphatic carbocycles. The topological polar surface area (TPSA) is 68.2 Å². The third-order valence-electron chi connectivity index (χ3n) is 6.12. The Labute approximate surface area is 210 Å². The molecule has 0 aliphatic heterocycles. The van der Waals surface area contributed by atoms with Gasteiger partial charge in [0.25, 0.3) is 0 Å². The van der Waals surface area contributed by atoms with E-state index in [1.807, 2.05) is 0 Å². The summed E-state index contributed by atoms with van der Waals surface area (Å²) in [6.07, 6.45) is 0.328. The molecule has 1 atom stereocenters. The van der Waals surface area contributed by atoms with Crippen LogP contribution in [-0.2, 0) is 30.3 Å². The lowest BCUT2D eigenvalue weighted by Crippen LogP contribution is -2.30. The summed E-state index contributed by atoms with van der Waals surface area (Å²) in [5, 5.41) is 10.6. The Hall–Kier alpha value is -1.85. The van der Waals surface area contributed by atoms with Crippen LogP contribution in [0.3, 0.4) is 0 Å². The number of nitrogens with zero attached hydrogens (tertiary/aromatic N) is 2. The van der Waals surface area contributed by atoms with Gasteiger partial charge in [-0.05, 0) is 62.2 Å². The zero-order valence-electron chi connectivity index (χ0n) is 18.9. The number of ether oxygens (including phenoxy) is 1. The van der Waals surface area contributed by atoms with E-state index in [0.29, 0.717) is 40.3 Å². The number of carbonyl (C=O) groups excluding carboxylic acids is 1. The maximum Gasteiger partial charge on any atom is 0.436 e. The SMILES string of the molecule is COC(=O)c1c(NC(=S)NCCCn2nc(C(F)(F)F)c(Cl)c2C2CC2)sc2c1CCC(C)C2. The van der Waals surface area contributed by atoms with Gasteiger partial charge in [0.1, 0.15) is 5.00 Å². The van der Waals surface area contributed by atoms with Crippen molar-refractivity contribution >= 4 is 51.2 Å². The van der Waals surface area contributed by atoms with Crippen molar-refractivity contribution in [2.45, 2.75) is 64.1 Å². The molecule has 2 aromatic rings. The van der Waals surface area contributed by atoms with Gasteiger partial charge in [0, 0.05) is 23.9 Å². The summed E-state index contributed by atoms with van der Waals surface area (Å²) in [5.74, 6) is 0.209. The van der Waals surface area contributed by atoms with Crippen LogP contribution in [0.5, 0.6) is 0 Å². The molecular weight excluding hydrogens is 509 g/mol. The summed E-state index contributed by atoms with van der Waals surface area (Å²) in [6, 6.07) is 0. The minimum absolute atomic E-state index is 0.0381. The highest BCUT2D eigenvalue weighted by Gasteiger charge is 2.42. The highest BCUT2D eigenvalue weighted by Crippen LogP contribution is 2.47. The van der Waals surface area contributed by atoms with Crippen LogP contribution in [0.1, 0.15) is 70.7 Å². The second kappa shape index (κ2) is 10.0. The normalized spacial score (nSPS) is 17.9. The highest BCUT2D eigenvalue weighted by molar-refractivity contribution is 7.80. The Morgan fingerprint density at radius 1 is 1.35 bits per heavy atom. The Bertz CT molecular complexity index is 1100.